The van der Waals surface area contributed by atoms with Crippen molar-refractivity contribution in [2.75, 3.05) is 39.6 Å². The van der Waals surface area contributed by atoms with Gasteiger partial charge in [-0.3, -0.25) is 37.3 Å². The Bertz CT molecular complexity index is 2020. The average Bonchev–Trinajstić information content (AvgIpc) is 0.945. The van der Waals surface area contributed by atoms with Gasteiger partial charge < -0.3 is 33.8 Å². The van der Waals surface area contributed by atoms with Gasteiger partial charge in [0.25, 0.3) is 0 Å². The summed E-state index contributed by atoms with van der Waals surface area (Å²) in [6, 6.07) is 0. The largest absolute Gasteiger partial charge is 0.472 e. The van der Waals surface area contributed by atoms with Crippen molar-refractivity contribution in [1.29, 1.82) is 0 Å². The summed E-state index contributed by atoms with van der Waals surface area (Å²) < 4.78 is 68.6. The summed E-state index contributed by atoms with van der Waals surface area (Å²) in [4.78, 5) is 72.9. The van der Waals surface area contributed by atoms with Crippen LogP contribution < -0.4 is 0 Å². The van der Waals surface area contributed by atoms with Gasteiger partial charge in [0.2, 0.25) is 0 Å². The Morgan fingerprint density at radius 2 is 0.596 bits per heavy atom. The number of carbonyl (C=O) groups is 4. The van der Waals surface area contributed by atoms with Crippen LogP contribution >= 0.6 is 15.6 Å². The number of phosphoric ester groups is 2. The van der Waals surface area contributed by atoms with Crippen LogP contribution in [0, 0.1) is 17.8 Å². The minimum atomic E-state index is -4.97. The molecule has 0 bridgehead atoms. The minimum absolute atomic E-state index is 0.0841. The maximum absolute atomic E-state index is 13.1. The molecule has 6 atom stereocenters. The highest BCUT2D eigenvalue weighted by molar-refractivity contribution is 7.47. The topological polar surface area (TPSA) is 237 Å². The molecule has 0 aromatic rings. The van der Waals surface area contributed by atoms with Crippen molar-refractivity contribution in [2.45, 2.75) is 407 Å². The summed E-state index contributed by atoms with van der Waals surface area (Å²) in [5, 5.41) is 10.6. The molecule has 0 amide bonds. The van der Waals surface area contributed by atoms with Gasteiger partial charge in [0.15, 0.2) is 12.2 Å². The van der Waals surface area contributed by atoms with E-state index in [-0.39, 0.29) is 25.7 Å². The molecule has 0 spiro atoms. The highest BCUT2D eigenvalue weighted by atomic mass is 31.2. The number of ether oxygens (including phenoxy) is 4. The highest BCUT2D eigenvalue weighted by Gasteiger charge is 2.30. The van der Waals surface area contributed by atoms with Crippen molar-refractivity contribution in [3.05, 3.63) is 24.3 Å². The molecule has 0 aliphatic carbocycles. The molecule has 0 saturated heterocycles. The zero-order valence-corrected chi connectivity index (χ0v) is 66.2. The Balaban J connectivity index is 5.28. The number of hydrogen-bond acceptors (Lipinski definition) is 15. The van der Waals surface area contributed by atoms with Crippen molar-refractivity contribution in [3.63, 3.8) is 0 Å². The predicted molar refractivity (Wildman–Crippen MR) is 404 cm³/mol. The van der Waals surface area contributed by atoms with E-state index in [9.17, 15) is 43.2 Å². The SMILES string of the molecule is CCCCCC/C=C\C=C/CCCCCCCC(=O)O[C@H](COC(=O)CCCCCCCCCC(C)C)COP(=O)(O)OCC(O)COP(=O)(O)OC[C@@H](COC(=O)CCCCCCCCCCCCCCCCC(C)CC)OC(=O)CCCCCCCCCCCCCCCC(C)C. The van der Waals surface area contributed by atoms with Crippen LogP contribution in [0.2, 0.25) is 0 Å². The maximum Gasteiger partial charge on any atom is 0.472 e. The third-order valence-corrected chi connectivity index (χ3v) is 20.3. The maximum atomic E-state index is 13.1. The van der Waals surface area contributed by atoms with E-state index >= 15 is 0 Å². The summed E-state index contributed by atoms with van der Waals surface area (Å²) in [5.41, 5.74) is 0. The van der Waals surface area contributed by atoms with Crippen molar-refractivity contribution < 1.29 is 80.2 Å². The number of allylic oxidation sites excluding steroid dienone is 4. The predicted octanol–water partition coefficient (Wildman–Crippen LogP) is 23.3. The zero-order chi connectivity index (χ0) is 73.0. The van der Waals surface area contributed by atoms with Gasteiger partial charge in [-0.1, -0.05) is 336 Å². The Hall–Kier alpha value is -2.46. The van der Waals surface area contributed by atoms with Crippen LogP contribution in [0.5, 0.6) is 0 Å². The fourth-order valence-electron chi connectivity index (χ4n) is 11.7. The van der Waals surface area contributed by atoms with Gasteiger partial charge >= 0.3 is 39.5 Å². The summed E-state index contributed by atoms with van der Waals surface area (Å²) in [6.07, 6.45) is 60.4. The second-order valence-corrected chi connectivity index (χ2v) is 32.2. The molecule has 0 aliphatic rings. The van der Waals surface area contributed by atoms with Gasteiger partial charge in [-0.2, -0.15) is 0 Å². The van der Waals surface area contributed by atoms with Crippen molar-refractivity contribution in [1.82, 2.24) is 0 Å². The zero-order valence-electron chi connectivity index (χ0n) is 64.4. The van der Waals surface area contributed by atoms with Gasteiger partial charge in [0.05, 0.1) is 26.4 Å². The van der Waals surface area contributed by atoms with Gasteiger partial charge in [-0.15, -0.1) is 0 Å². The fraction of sp³-hybridized carbons (Fsp3) is 0.900. The van der Waals surface area contributed by atoms with Crippen molar-refractivity contribution >= 4 is 39.5 Å². The molecule has 99 heavy (non-hydrogen) atoms. The van der Waals surface area contributed by atoms with Crippen molar-refractivity contribution in [3.8, 4) is 0 Å². The van der Waals surface area contributed by atoms with Crippen LogP contribution in [0.4, 0.5) is 0 Å². The summed E-state index contributed by atoms with van der Waals surface area (Å²) in [5.74, 6) is 0.192. The molecule has 0 heterocycles. The van der Waals surface area contributed by atoms with E-state index in [1.807, 2.05) is 0 Å². The smallest absolute Gasteiger partial charge is 0.462 e. The lowest BCUT2D eigenvalue weighted by Gasteiger charge is -2.21. The first kappa shape index (κ1) is 96.5. The summed E-state index contributed by atoms with van der Waals surface area (Å²) in [6.45, 7) is 11.9. The molecule has 19 heteroatoms. The molecular weight excluding hydrogens is 1290 g/mol. The number of phosphoric acid groups is 2. The number of esters is 4. The normalized spacial score (nSPS) is 14.4. The Morgan fingerprint density at radius 3 is 0.899 bits per heavy atom. The molecule has 17 nitrogen and oxygen atoms in total. The lowest BCUT2D eigenvalue weighted by atomic mass is 9.99. The highest BCUT2D eigenvalue weighted by Crippen LogP contribution is 2.45. The van der Waals surface area contributed by atoms with Crippen LogP contribution in [0.1, 0.15) is 389 Å². The van der Waals surface area contributed by atoms with Crippen LogP contribution in [-0.4, -0.2) is 96.7 Å². The van der Waals surface area contributed by atoms with E-state index < -0.39 is 97.5 Å². The average molecular weight is 1450 g/mol. The Kier molecular flexibility index (Phi) is 68.1. The quantitative estimate of drug-likeness (QED) is 0.0169. The van der Waals surface area contributed by atoms with Crippen LogP contribution in [0.3, 0.4) is 0 Å². The Labute approximate surface area is 605 Å². The molecule has 4 unspecified atom stereocenters. The first-order valence-corrected chi connectivity index (χ1v) is 43.7. The minimum Gasteiger partial charge on any atom is -0.462 e. The molecule has 584 valence electrons. The number of unbranched alkanes of at least 4 members (excludes halogenated alkanes) is 40. The van der Waals surface area contributed by atoms with Crippen molar-refractivity contribution in [2.24, 2.45) is 17.8 Å². The second kappa shape index (κ2) is 69.9. The molecule has 0 aromatic carbocycles. The second-order valence-electron chi connectivity index (χ2n) is 29.3. The molecule has 0 saturated carbocycles. The standard InChI is InChI=1S/C80H152O17P2/c1-8-10-11-12-13-14-15-16-17-24-29-34-41-49-56-63-80(85)97-76(68-91-78(83)62-55-48-43-36-38-45-52-59-72(5)6)70-95-99(88,89)93-66-74(81)65-92-98(86,87)94-69-75(96-79(84)64-57-50-42-35-30-25-20-21-26-31-37-44-51-58-71(3)4)67-90-77(82)61-54-47-40-33-28-23-19-18-22-27-32-39-46-53-60-73(7)9-2/h14-17,71-76,81H,8-13,18-70H2,1-7H3,(H,86,87)(H,88,89)/b15-14-,17-16-/t73?,74?,75-,76-/m1/s1. The molecule has 0 aliphatic heterocycles. The third-order valence-electron chi connectivity index (χ3n) is 18.4. The number of rotatable bonds is 76. The number of aliphatic hydroxyl groups excluding tert-OH is 1. The van der Waals surface area contributed by atoms with E-state index in [2.05, 4.69) is 72.8 Å². The third kappa shape index (κ3) is 72.3. The van der Waals surface area contributed by atoms with Gasteiger partial charge in [-0.05, 0) is 69.1 Å². The summed E-state index contributed by atoms with van der Waals surface area (Å²) in [7, 11) is -9.93. The molecule has 3 N–H and O–H groups in total. The number of hydrogen-bond donors (Lipinski definition) is 3. The van der Waals surface area contributed by atoms with E-state index in [4.69, 9.17) is 37.0 Å². The lowest BCUT2D eigenvalue weighted by molar-refractivity contribution is -0.161. The fourth-order valence-corrected chi connectivity index (χ4v) is 13.3. The van der Waals surface area contributed by atoms with E-state index in [0.29, 0.717) is 31.6 Å². The lowest BCUT2D eigenvalue weighted by Crippen LogP contribution is -2.30. The Morgan fingerprint density at radius 1 is 0.333 bits per heavy atom. The molecule has 0 fully saturated rings. The summed E-state index contributed by atoms with van der Waals surface area (Å²) >= 11 is 0. The first-order chi connectivity index (χ1) is 47.8. The molecule has 0 rings (SSSR count). The van der Waals surface area contributed by atoms with Gasteiger partial charge in [0.1, 0.15) is 19.3 Å². The van der Waals surface area contributed by atoms with E-state index in [0.717, 1.165) is 121 Å². The van der Waals surface area contributed by atoms with Crippen LogP contribution in [0.25, 0.3) is 0 Å². The van der Waals surface area contributed by atoms with Crippen LogP contribution in [0.15, 0.2) is 24.3 Å². The van der Waals surface area contributed by atoms with Gasteiger partial charge in [-0.25, -0.2) is 9.13 Å². The van der Waals surface area contributed by atoms with Crippen LogP contribution in [-0.2, 0) is 65.4 Å². The number of carbonyl (C=O) groups excluding carboxylic acids is 4. The molecule has 0 radical (unpaired) electrons. The molecule has 0 aromatic heterocycles. The number of aliphatic hydroxyl groups is 1. The molecular formula is C80H152O17P2. The first-order valence-electron chi connectivity index (χ1n) is 40.7. The monoisotopic (exact) mass is 1450 g/mol. The van der Waals surface area contributed by atoms with E-state index in [1.54, 1.807) is 0 Å². The van der Waals surface area contributed by atoms with E-state index in [1.165, 1.54) is 180 Å². The van der Waals surface area contributed by atoms with Gasteiger partial charge in [0, 0.05) is 25.7 Å².